The number of carbonyl (C=O) groups is 1. The Balaban J connectivity index is 1.46. The number of hydrogen-bond acceptors (Lipinski definition) is 7. The van der Waals surface area contributed by atoms with E-state index >= 15 is 0 Å². The smallest absolute Gasteiger partial charge is 0.226 e. The summed E-state index contributed by atoms with van der Waals surface area (Å²) >= 11 is 8.55. The molecule has 2 saturated carbocycles. The lowest BCUT2D eigenvalue weighted by Gasteiger charge is -2.50. The number of benzene rings is 1. The first kappa shape index (κ1) is 25.7. The minimum atomic E-state index is -0.388. The van der Waals surface area contributed by atoms with Gasteiger partial charge in [0.05, 0.1) is 20.9 Å². The maximum absolute atomic E-state index is 12.8. The fourth-order valence-electron chi connectivity index (χ4n) is 7.15. The zero-order valence-electron chi connectivity index (χ0n) is 20.1. The van der Waals surface area contributed by atoms with Crippen molar-refractivity contribution in [2.45, 2.75) is 58.3 Å². The van der Waals surface area contributed by atoms with E-state index in [9.17, 15) is 20.2 Å². The van der Waals surface area contributed by atoms with Crippen LogP contribution in [0.2, 0.25) is 0 Å². The van der Waals surface area contributed by atoms with Crippen LogP contribution in [0.5, 0.6) is 5.75 Å². The predicted octanol–water partition coefficient (Wildman–Crippen LogP) is 7.07. The third-order valence-corrected chi connectivity index (χ3v) is 10.9. The Labute approximate surface area is 231 Å². The van der Waals surface area contributed by atoms with Crippen molar-refractivity contribution in [2.24, 2.45) is 28.3 Å². The van der Waals surface area contributed by atoms with Crippen LogP contribution in [0.25, 0.3) is 0 Å². The molecule has 0 aliphatic heterocycles. The molecule has 0 saturated heterocycles. The third kappa shape index (κ3) is 4.09. The summed E-state index contributed by atoms with van der Waals surface area (Å²) in [6.45, 7) is 4.09. The summed E-state index contributed by atoms with van der Waals surface area (Å²) in [5.74, 6) is 0.717. The highest BCUT2D eigenvalue weighted by Gasteiger charge is 2.60. The second-order valence-corrected chi connectivity index (χ2v) is 13.3. The summed E-state index contributed by atoms with van der Waals surface area (Å²) in [6, 6.07) is 2.05. The van der Waals surface area contributed by atoms with Crippen molar-refractivity contribution in [3.05, 3.63) is 49.0 Å². The van der Waals surface area contributed by atoms with Crippen LogP contribution >= 0.6 is 43.2 Å². The van der Waals surface area contributed by atoms with E-state index in [1.165, 1.54) is 16.9 Å². The SMILES string of the molecule is Cc1cnc(NC(=O)CC[C@@H]2C(=C\O)/C(=N\O)[C@@]3(C)CCC4c5cc(Br)c(O)c(Br)c5CCC4C23)s1. The second kappa shape index (κ2) is 9.76. The number of aromatic nitrogens is 1. The quantitative estimate of drug-likeness (QED) is 0.162. The van der Waals surface area contributed by atoms with Gasteiger partial charge in [-0.1, -0.05) is 12.1 Å². The number of carbonyl (C=O) groups excluding carboxylic acids is 1. The Morgan fingerprint density at radius 1 is 1.39 bits per heavy atom. The number of nitrogens with zero attached hydrogens (tertiary/aromatic N) is 2. The summed E-state index contributed by atoms with van der Waals surface area (Å²) in [6.07, 6.45) is 7.13. The summed E-state index contributed by atoms with van der Waals surface area (Å²) in [4.78, 5) is 18.0. The number of nitrogens with one attached hydrogen (secondary N) is 1. The highest BCUT2D eigenvalue weighted by atomic mass is 79.9. The first-order valence-corrected chi connectivity index (χ1v) is 14.6. The number of anilines is 1. The van der Waals surface area contributed by atoms with E-state index in [-0.39, 0.29) is 41.2 Å². The molecular weight excluding hydrogens is 610 g/mol. The van der Waals surface area contributed by atoms with Crippen LogP contribution < -0.4 is 5.32 Å². The normalized spacial score (nSPS) is 31.2. The van der Waals surface area contributed by atoms with E-state index in [1.54, 1.807) is 6.20 Å². The molecule has 1 heterocycles. The Morgan fingerprint density at radius 3 is 2.83 bits per heavy atom. The molecule has 2 aromatic rings. The maximum Gasteiger partial charge on any atom is 0.226 e. The van der Waals surface area contributed by atoms with Crippen LogP contribution in [0.4, 0.5) is 5.13 Å². The predicted molar refractivity (Wildman–Crippen MR) is 147 cm³/mol. The standard InChI is InChI=1S/C26H29Br2N3O4S/c1-12-10-29-25(36-12)30-20(33)6-5-15-18(11-32)24(31-35)26(2)8-7-13-14(21(15)26)3-4-16-17(13)9-19(27)23(34)22(16)28/h9-11,13-15,21,32,34-35H,3-8H2,1-2H3,(H,29,30,33)/b18-11+,31-24+/t13?,14?,15-,21?,26+/m1/s1. The van der Waals surface area contributed by atoms with Crippen LogP contribution in [0.3, 0.4) is 0 Å². The van der Waals surface area contributed by atoms with Crippen LogP contribution in [-0.2, 0) is 11.2 Å². The van der Waals surface area contributed by atoms with Crippen molar-refractivity contribution in [1.82, 2.24) is 4.98 Å². The van der Waals surface area contributed by atoms with Gasteiger partial charge in [-0.05, 0) is 112 Å². The Morgan fingerprint density at radius 2 is 2.17 bits per heavy atom. The molecule has 1 aromatic carbocycles. The van der Waals surface area contributed by atoms with Crippen molar-refractivity contribution in [3.8, 4) is 5.75 Å². The van der Waals surface area contributed by atoms with Gasteiger partial charge in [-0.25, -0.2) is 4.98 Å². The first-order chi connectivity index (χ1) is 17.2. The average molecular weight is 639 g/mol. The lowest BCUT2D eigenvalue weighted by atomic mass is 9.54. The molecule has 7 nitrogen and oxygen atoms in total. The number of thiazole rings is 1. The lowest BCUT2D eigenvalue weighted by molar-refractivity contribution is -0.116. The van der Waals surface area contributed by atoms with E-state index in [1.807, 2.05) is 13.0 Å². The van der Waals surface area contributed by atoms with Gasteiger partial charge >= 0.3 is 0 Å². The van der Waals surface area contributed by atoms with Gasteiger partial charge in [0.1, 0.15) is 5.75 Å². The summed E-state index contributed by atoms with van der Waals surface area (Å²) < 4.78 is 1.43. The minimum Gasteiger partial charge on any atom is -0.515 e. The number of aliphatic hydroxyl groups is 1. The van der Waals surface area contributed by atoms with Crippen LogP contribution in [0, 0.1) is 30.1 Å². The molecule has 3 unspecified atom stereocenters. The number of aliphatic hydroxyl groups excluding tert-OH is 1. The van der Waals surface area contributed by atoms with E-state index < -0.39 is 0 Å². The molecule has 2 fully saturated rings. The molecule has 4 N–H and O–H groups in total. The molecule has 0 bridgehead atoms. The minimum absolute atomic E-state index is 0.104. The Kier molecular flexibility index (Phi) is 6.97. The number of fused-ring (bicyclic) bond motifs is 5. The van der Waals surface area contributed by atoms with Crippen molar-refractivity contribution < 1.29 is 20.2 Å². The number of allylic oxidation sites excluding steroid dienone is 1. The van der Waals surface area contributed by atoms with Gasteiger partial charge in [0.25, 0.3) is 0 Å². The van der Waals surface area contributed by atoms with Crippen molar-refractivity contribution >= 4 is 59.9 Å². The van der Waals surface area contributed by atoms with Gasteiger partial charge in [0, 0.05) is 28.5 Å². The first-order valence-electron chi connectivity index (χ1n) is 12.2. The zero-order chi connectivity index (χ0) is 25.8. The molecule has 36 heavy (non-hydrogen) atoms. The zero-order valence-corrected chi connectivity index (χ0v) is 24.1. The van der Waals surface area contributed by atoms with Crippen molar-refractivity contribution in [1.29, 1.82) is 0 Å². The Bertz CT molecular complexity index is 1280. The number of phenolic OH excluding ortho intramolecular Hbond substituents is 1. The average Bonchev–Trinajstić information content (AvgIpc) is 3.37. The van der Waals surface area contributed by atoms with E-state index in [0.717, 1.165) is 46.9 Å². The summed E-state index contributed by atoms with van der Waals surface area (Å²) in [5.41, 5.74) is 3.20. The Hall–Kier alpha value is -1.91. The van der Waals surface area contributed by atoms with Crippen molar-refractivity contribution in [2.75, 3.05) is 5.32 Å². The molecule has 5 rings (SSSR count). The van der Waals surface area contributed by atoms with Crippen LogP contribution in [-0.4, -0.2) is 32.0 Å². The number of amides is 1. The molecule has 3 aliphatic rings. The molecule has 0 spiro atoms. The maximum atomic E-state index is 12.8. The van der Waals surface area contributed by atoms with Gasteiger partial charge in [0.2, 0.25) is 5.91 Å². The topological polar surface area (TPSA) is 115 Å². The van der Waals surface area contributed by atoms with Crippen LogP contribution in [0.15, 0.2) is 38.2 Å². The van der Waals surface area contributed by atoms with E-state index in [2.05, 4.69) is 54.2 Å². The summed E-state index contributed by atoms with van der Waals surface area (Å²) in [7, 11) is 0. The molecular formula is C26H29Br2N3O4S. The molecule has 5 atom stereocenters. The number of halogens is 2. The number of rotatable bonds is 4. The van der Waals surface area contributed by atoms with E-state index in [4.69, 9.17) is 0 Å². The van der Waals surface area contributed by atoms with Crippen molar-refractivity contribution in [3.63, 3.8) is 0 Å². The second-order valence-electron chi connectivity index (χ2n) is 10.4. The van der Waals surface area contributed by atoms with Gasteiger partial charge in [-0.2, -0.15) is 0 Å². The number of oxime groups is 1. The lowest BCUT2D eigenvalue weighted by Crippen LogP contribution is -2.44. The fourth-order valence-corrected chi connectivity index (χ4v) is 9.18. The van der Waals surface area contributed by atoms with Gasteiger partial charge < -0.3 is 20.7 Å². The largest absolute Gasteiger partial charge is 0.515 e. The third-order valence-electron chi connectivity index (χ3n) is 8.58. The molecule has 0 radical (unpaired) electrons. The summed E-state index contributed by atoms with van der Waals surface area (Å²) in [5, 5.41) is 37.9. The van der Waals surface area contributed by atoms with Gasteiger partial charge in [0.15, 0.2) is 5.13 Å². The van der Waals surface area contributed by atoms with Gasteiger partial charge in [-0.3, -0.25) is 4.79 Å². The number of phenols is 1. The molecule has 10 heteroatoms. The van der Waals surface area contributed by atoms with E-state index in [0.29, 0.717) is 33.2 Å². The number of aryl methyl sites for hydroxylation is 1. The highest BCUT2D eigenvalue weighted by molar-refractivity contribution is 9.11. The van der Waals surface area contributed by atoms with Gasteiger partial charge in [-0.15, -0.1) is 11.3 Å². The monoisotopic (exact) mass is 637 g/mol. The molecule has 1 amide bonds. The highest BCUT2D eigenvalue weighted by Crippen LogP contribution is 2.64. The molecule has 3 aliphatic carbocycles. The number of aromatic hydroxyl groups is 1. The fraction of sp³-hybridized carbons (Fsp3) is 0.500. The molecule has 192 valence electrons. The number of hydrogen-bond donors (Lipinski definition) is 4. The molecule has 1 aromatic heterocycles. The van der Waals surface area contributed by atoms with Crippen LogP contribution in [0.1, 0.15) is 60.9 Å².